The van der Waals surface area contributed by atoms with E-state index in [1.54, 1.807) is 0 Å². The van der Waals surface area contributed by atoms with E-state index in [2.05, 4.69) is 15.9 Å². The number of hydrogen-bond acceptors (Lipinski definition) is 2. The zero-order valence-corrected chi connectivity index (χ0v) is 13.5. The molecule has 20 heavy (non-hydrogen) atoms. The van der Waals surface area contributed by atoms with Gasteiger partial charge in [-0.15, -0.1) is 0 Å². The molecule has 0 aromatic heterocycles. The molecule has 0 heterocycles. The first kappa shape index (κ1) is 15.1. The lowest BCUT2D eigenvalue weighted by Crippen LogP contribution is -2.10. The number of aliphatic hydroxyl groups excluding tert-OH is 1. The van der Waals surface area contributed by atoms with Crippen molar-refractivity contribution in [3.8, 4) is 5.75 Å². The fraction of sp³-hybridized carbons (Fsp3) is 0.294. The third kappa shape index (κ3) is 3.41. The van der Waals surface area contributed by atoms with Crippen LogP contribution in [-0.2, 0) is 0 Å². The maximum Gasteiger partial charge on any atom is 0.125 e. The lowest BCUT2D eigenvalue weighted by Gasteiger charge is -2.19. The van der Waals surface area contributed by atoms with Gasteiger partial charge in [0, 0.05) is 10.0 Å². The predicted octanol–water partition coefficient (Wildman–Crippen LogP) is 4.63. The van der Waals surface area contributed by atoms with E-state index in [1.807, 2.05) is 63.2 Å². The van der Waals surface area contributed by atoms with Crippen molar-refractivity contribution in [1.29, 1.82) is 0 Å². The second-order valence-corrected chi connectivity index (χ2v) is 6.02. The van der Waals surface area contributed by atoms with Gasteiger partial charge in [0.05, 0.1) is 6.10 Å². The lowest BCUT2D eigenvalue weighted by atomic mass is 9.97. The quantitative estimate of drug-likeness (QED) is 0.883. The van der Waals surface area contributed by atoms with Crippen molar-refractivity contribution in [3.63, 3.8) is 0 Å². The summed E-state index contributed by atoms with van der Waals surface area (Å²) in [6.07, 6.45) is -0.604. The summed E-state index contributed by atoms with van der Waals surface area (Å²) < 4.78 is 6.79. The highest BCUT2D eigenvalue weighted by molar-refractivity contribution is 9.10. The van der Waals surface area contributed by atoms with E-state index in [0.717, 1.165) is 26.9 Å². The molecule has 106 valence electrons. The third-order valence-corrected chi connectivity index (χ3v) is 3.60. The van der Waals surface area contributed by atoms with Crippen molar-refractivity contribution in [2.24, 2.45) is 0 Å². The summed E-state index contributed by atoms with van der Waals surface area (Å²) in [4.78, 5) is 0. The van der Waals surface area contributed by atoms with Gasteiger partial charge in [-0.25, -0.2) is 0 Å². The molecular weight excluding hydrogens is 316 g/mol. The molecule has 0 radical (unpaired) electrons. The minimum absolute atomic E-state index is 0.0781. The van der Waals surface area contributed by atoms with Gasteiger partial charge in [-0.1, -0.05) is 40.2 Å². The zero-order valence-electron chi connectivity index (χ0n) is 11.9. The third-order valence-electron chi connectivity index (χ3n) is 3.10. The van der Waals surface area contributed by atoms with Gasteiger partial charge in [-0.2, -0.15) is 0 Å². The van der Waals surface area contributed by atoms with Crippen molar-refractivity contribution >= 4 is 15.9 Å². The molecule has 2 nitrogen and oxygen atoms in total. The average molecular weight is 335 g/mol. The summed E-state index contributed by atoms with van der Waals surface area (Å²) >= 11 is 3.44. The molecule has 0 aliphatic heterocycles. The van der Waals surface area contributed by atoms with Crippen LogP contribution in [0.1, 0.15) is 36.6 Å². The second-order valence-electron chi connectivity index (χ2n) is 5.11. The fourth-order valence-electron chi connectivity index (χ4n) is 2.18. The van der Waals surface area contributed by atoms with Crippen molar-refractivity contribution in [3.05, 3.63) is 63.6 Å². The minimum atomic E-state index is -0.682. The van der Waals surface area contributed by atoms with E-state index in [4.69, 9.17) is 4.74 Å². The monoisotopic (exact) mass is 334 g/mol. The molecular formula is C17H19BrO2. The van der Waals surface area contributed by atoms with Crippen LogP contribution in [0.3, 0.4) is 0 Å². The number of aliphatic hydroxyl groups is 1. The van der Waals surface area contributed by atoms with Gasteiger partial charge in [0.15, 0.2) is 0 Å². The zero-order chi connectivity index (χ0) is 14.7. The summed E-state index contributed by atoms with van der Waals surface area (Å²) in [5.74, 6) is 0.734. The Bertz CT molecular complexity index is 593. The standard InChI is InChI=1S/C17H19BrO2/c1-11(2)20-16-7-5-4-6-15(16)17(19)14-9-8-13(18)10-12(14)3/h4-11,17,19H,1-3H3. The van der Waals surface area contributed by atoms with Crippen LogP contribution in [0.25, 0.3) is 0 Å². The first-order valence-electron chi connectivity index (χ1n) is 6.68. The van der Waals surface area contributed by atoms with Gasteiger partial charge in [0.2, 0.25) is 0 Å². The topological polar surface area (TPSA) is 29.5 Å². The molecule has 0 aliphatic carbocycles. The van der Waals surface area contributed by atoms with E-state index in [0.29, 0.717) is 0 Å². The van der Waals surface area contributed by atoms with Crippen LogP contribution in [0.5, 0.6) is 5.75 Å². The smallest absolute Gasteiger partial charge is 0.125 e. The summed E-state index contributed by atoms with van der Waals surface area (Å²) in [5.41, 5.74) is 2.74. The molecule has 2 aromatic rings. The van der Waals surface area contributed by atoms with Gasteiger partial charge in [-0.05, 0) is 50.1 Å². The van der Waals surface area contributed by atoms with Crippen molar-refractivity contribution in [1.82, 2.24) is 0 Å². The molecule has 0 saturated heterocycles. The van der Waals surface area contributed by atoms with Crippen LogP contribution >= 0.6 is 15.9 Å². The number of aryl methyl sites for hydroxylation is 1. The maximum atomic E-state index is 10.7. The molecule has 0 aliphatic rings. The molecule has 0 fully saturated rings. The van der Waals surface area contributed by atoms with E-state index >= 15 is 0 Å². The van der Waals surface area contributed by atoms with Gasteiger partial charge in [0.25, 0.3) is 0 Å². The van der Waals surface area contributed by atoms with Crippen molar-refractivity contribution in [2.45, 2.75) is 33.0 Å². The SMILES string of the molecule is Cc1cc(Br)ccc1C(O)c1ccccc1OC(C)C. The highest BCUT2D eigenvalue weighted by Gasteiger charge is 2.17. The highest BCUT2D eigenvalue weighted by atomic mass is 79.9. The predicted molar refractivity (Wildman–Crippen MR) is 85.1 cm³/mol. The van der Waals surface area contributed by atoms with Gasteiger partial charge in [-0.3, -0.25) is 0 Å². The molecule has 2 aromatic carbocycles. The van der Waals surface area contributed by atoms with E-state index < -0.39 is 6.10 Å². The van der Waals surface area contributed by atoms with Crippen molar-refractivity contribution in [2.75, 3.05) is 0 Å². The van der Waals surface area contributed by atoms with E-state index in [1.165, 1.54) is 0 Å². The molecule has 2 rings (SSSR count). The number of hydrogen-bond donors (Lipinski definition) is 1. The molecule has 0 saturated carbocycles. The van der Waals surface area contributed by atoms with Crippen LogP contribution in [0.4, 0.5) is 0 Å². The number of benzene rings is 2. The summed E-state index contributed by atoms with van der Waals surface area (Å²) in [7, 11) is 0. The molecule has 1 N–H and O–H groups in total. The molecule has 0 amide bonds. The molecule has 0 spiro atoms. The normalized spacial score (nSPS) is 12.5. The Morgan fingerprint density at radius 3 is 2.40 bits per heavy atom. The van der Waals surface area contributed by atoms with Gasteiger partial charge < -0.3 is 9.84 Å². The van der Waals surface area contributed by atoms with E-state index in [-0.39, 0.29) is 6.10 Å². The van der Waals surface area contributed by atoms with Crippen LogP contribution < -0.4 is 4.74 Å². The molecule has 1 atom stereocenters. The fourth-order valence-corrected chi connectivity index (χ4v) is 2.66. The largest absolute Gasteiger partial charge is 0.491 e. The highest BCUT2D eigenvalue weighted by Crippen LogP contribution is 2.32. The molecule has 3 heteroatoms. The second kappa shape index (κ2) is 6.42. The Morgan fingerprint density at radius 2 is 1.75 bits per heavy atom. The Morgan fingerprint density at radius 1 is 1.05 bits per heavy atom. The van der Waals surface area contributed by atoms with Crippen LogP contribution in [-0.4, -0.2) is 11.2 Å². The Kier molecular flexibility index (Phi) is 4.84. The number of para-hydroxylation sites is 1. The Labute approximate surface area is 128 Å². The van der Waals surface area contributed by atoms with Gasteiger partial charge >= 0.3 is 0 Å². The summed E-state index contributed by atoms with van der Waals surface area (Å²) in [5, 5.41) is 10.7. The van der Waals surface area contributed by atoms with Crippen LogP contribution in [0, 0.1) is 6.92 Å². The van der Waals surface area contributed by atoms with E-state index in [9.17, 15) is 5.11 Å². The Hall–Kier alpha value is -1.32. The summed E-state index contributed by atoms with van der Waals surface area (Å²) in [6, 6.07) is 13.5. The van der Waals surface area contributed by atoms with Crippen LogP contribution in [0.15, 0.2) is 46.9 Å². The molecule has 0 bridgehead atoms. The minimum Gasteiger partial charge on any atom is -0.491 e. The summed E-state index contributed by atoms with van der Waals surface area (Å²) in [6.45, 7) is 5.96. The Balaban J connectivity index is 2.40. The number of rotatable bonds is 4. The van der Waals surface area contributed by atoms with Crippen molar-refractivity contribution < 1.29 is 9.84 Å². The number of ether oxygens (including phenoxy) is 1. The lowest BCUT2D eigenvalue weighted by molar-refractivity contribution is 0.197. The number of halogens is 1. The van der Waals surface area contributed by atoms with Crippen LogP contribution in [0.2, 0.25) is 0 Å². The first-order chi connectivity index (χ1) is 9.49. The molecule has 1 unspecified atom stereocenters. The maximum absolute atomic E-state index is 10.7. The average Bonchev–Trinajstić information content (AvgIpc) is 2.38. The first-order valence-corrected chi connectivity index (χ1v) is 7.48. The van der Waals surface area contributed by atoms with Gasteiger partial charge in [0.1, 0.15) is 11.9 Å².